The molecule has 0 bridgehead atoms. The first-order valence-corrected chi connectivity index (χ1v) is 8.96. The molecule has 1 atom stereocenters. The number of aliphatic hydroxyl groups excluding tert-OH is 1. The molecule has 24 heavy (non-hydrogen) atoms. The number of rotatable bonds is 5. The molecule has 2 aromatic heterocycles. The normalized spacial score (nSPS) is 16.0. The summed E-state index contributed by atoms with van der Waals surface area (Å²) in [6.07, 6.45) is -0.770. The van der Waals surface area contributed by atoms with Gasteiger partial charge in [0.1, 0.15) is 6.10 Å². The van der Waals surface area contributed by atoms with Gasteiger partial charge in [-0.3, -0.25) is 14.4 Å². The van der Waals surface area contributed by atoms with Crippen LogP contribution in [0.25, 0.3) is 0 Å². The van der Waals surface area contributed by atoms with Crippen LogP contribution in [0, 0.1) is 6.92 Å². The van der Waals surface area contributed by atoms with Crippen LogP contribution in [-0.2, 0) is 24.4 Å². The van der Waals surface area contributed by atoms with Crippen LogP contribution in [0.3, 0.4) is 0 Å². The Labute approximate surface area is 146 Å². The summed E-state index contributed by atoms with van der Waals surface area (Å²) in [6, 6.07) is 6.28. The average Bonchev–Trinajstić information content (AvgIpc) is 3.12. The molecule has 2 aromatic rings. The Bertz CT molecular complexity index is 722. The molecule has 6 nitrogen and oxygen atoms in total. The van der Waals surface area contributed by atoms with Gasteiger partial charge in [-0.15, -0.1) is 11.3 Å². The molecule has 1 aliphatic heterocycles. The molecule has 0 aromatic carbocycles. The number of hydrogen-bond acceptors (Lipinski definition) is 5. The summed E-state index contributed by atoms with van der Waals surface area (Å²) in [6.45, 7) is 5.65. The number of carbonyl (C=O) groups is 1. The molecular weight excluding hydrogens is 324 g/mol. The number of thiophene rings is 1. The predicted octanol–water partition coefficient (Wildman–Crippen LogP) is 1.78. The van der Waals surface area contributed by atoms with Crippen LogP contribution >= 0.6 is 11.3 Å². The second-order valence-electron chi connectivity index (χ2n) is 6.51. The zero-order valence-electron chi connectivity index (χ0n) is 14.4. The third-order valence-corrected chi connectivity index (χ3v) is 5.26. The predicted molar refractivity (Wildman–Crippen MR) is 93.7 cm³/mol. The van der Waals surface area contributed by atoms with Gasteiger partial charge in [-0.05, 0) is 25.1 Å². The third-order valence-electron chi connectivity index (χ3n) is 4.28. The second kappa shape index (κ2) is 7.04. The van der Waals surface area contributed by atoms with E-state index in [1.807, 2.05) is 22.1 Å². The Morgan fingerprint density at radius 3 is 2.88 bits per heavy atom. The summed E-state index contributed by atoms with van der Waals surface area (Å²) in [4.78, 5) is 18.3. The minimum atomic E-state index is -0.841. The van der Waals surface area contributed by atoms with Crippen LogP contribution in [0.5, 0.6) is 0 Å². The molecule has 7 heteroatoms. The smallest absolute Gasteiger partial charge is 0.225 e. The van der Waals surface area contributed by atoms with Gasteiger partial charge in [0.05, 0.1) is 24.4 Å². The van der Waals surface area contributed by atoms with Crippen LogP contribution < -0.4 is 0 Å². The topological polar surface area (TPSA) is 61.6 Å². The number of fused-ring (bicyclic) bond motifs is 1. The fourth-order valence-corrected chi connectivity index (χ4v) is 3.82. The van der Waals surface area contributed by atoms with Gasteiger partial charge in [0.25, 0.3) is 0 Å². The molecule has 0 aliphatic carbocycles. The summed E-state index contributed by atoms with van der Waals surface area (Å²) in [5.41, 5.74) is 1.69. The Balaban J connectivity index is 1.64. The number of aromatic nitrogens is 2. The Morgan fingerprint density at radius 2 is 2.21 bits per heavy atom. The number of aryl methyl sites for hydroxylation is 1. The second-order valence-corrected chi connectivity index (χ2v) is 7.89. The monoisotopic (exact) mass is 348 g/mol. The molecular formula is C17H24N4O2S. The van der Waals surface area contributed by atoms with Gasteiger partial charge in [0.15, 0.2) is 0 Å². The summed E-state index contributed by atoms with van der Waals surface area (Å²) < 4.78 is 1.95. The molecule has 1 N–H and O–H groups in total. The van der Waals surface area contributed by atoms with Crippen LogP contribution in [0.15, 0.2) is 18.2 Å². The van der Waals surface area contributed by atoms with Crippen LogP contribution in [-0.4, -0.2) is 51.2 Å². The Hall–Kier alpha value is -1.70. The van der Waals surface area contributed by atoms with Gasteiger partial charge < -0.3 is 10.0 Å². The fourth-order valence-electron chi connectivity index (χ4n) is 2.88. The van der Waals surface area contributed by atoms with Crippen molar-refractivity contribution in [2.24, 2.45) is 0 Å². The van der Waals surface area contributed by atoms with Crippen molar-refractivity contribution in [3.63, 3.8) is 0 Å². The van der Waals surface area contributed by atoms with Crippen molar-refractivity contribution in [1.82, 2.24) is 19.6 Å². The van der Waals surface area contributed by atoms with Crippen LogP contribution in [0.4, 0.5) is 0 Å². The van der Waals surface area contributed by atoms with E-state index in [4.69, 9.17) is 0 Å². The first-order chi connectivity index (χ1) is 11.4. The molecule has 3 rings (SSSR count). The fraction of sp³-hybridized carbons (Fsp3) is 0.529. The maximum Gasteiger partial charge on any atom is 0.225 e. The quantitative estimate of drug-likeness (QED) is 0.895. The highest BCUT2D eigenvalue weighted by Crippen LogP contribution is 2.23. The molecule has 1 aliphatic rings. The van der Waals surface area contributed by atoms with Gasteiger partial charge in [0, 0.05) is 43.5 Å². The molecule has 3 heterocycles. The van der Waals surface area contributed by atoms with Gasteiger partial charge in [-0.1, -0.05) is 0 Å². The van der Waals surface area contributed by atoms with Crippen molar-refractivity contribution in [2.75, 3.05) is 20.6 Å². The lowest BCUT2D eigenvalue weighted by atomic mass is 10.1. The summed E-state index contributed by atoms with van der Waals surface area (Å²) in [7, 11) is 3.38. The lowest BCUT2D eigenvalue weighted by molar-refractivity contribution is -0.130. The van der Waals surface area contributed by atoms with Crippen molar-refractivity contribution in [1.29, 1.82) is 0 Å². The SMILES string of the molecule is Cc1ccc(CN2CCn3nc([C@@H](O)CC(=O)N(C)C)cc3C2)s1. The van der Waals surface area contributed by atoms with Gasteiger partial charge >= 0.3 is 0 Å². The van der Waals surface area contributed by atoms with E-state index in [9.17, 15) is 9.90 Å². The molecule has 0 saturated carbocycles. The summed E-state index contributed by atoms with van der Waals surface area (Å²) in [5.74, 6) is -0.0943. The molecule has 130 valence electrons. The van der Waals surface area contributed by atoms with Crippen molar-refractivity contribution >= 4 is 17.2 Å². The minimum Gasteiger partial charge on any atom is -0.386 e. The maximum absolute atomic E-state index is 11.8. The number of hydrogen-bond donors (Lipinski definition) is 1. The van der Waals surface area contributed by atoms with E-state index < -0.39 is 6.10 Å². The minimum absolute atomic E-state index is 0.0711. The van der Waals surface area contributed by atoms with Crippen LogP contribution in [0.1, 0.15) is 33.7 Å². The molecule has 1 amide bonds. The highest BCUT2D eigenvalue weighted by atomic mass is 32.1. The van der Waals surface area contributed by atoms with Crippen molar-refractivity contribution in [3.05, 3.63) is 39.3 Å². The van der Waals surface area contributed by atoms with Crippen LogP contribution in [0.2, 0.25) is 0 Å². The van der Waals surface area contributed by atoms with E-state index >= 15 is 0 Å². The number of carbonyl (C=O) groups excluding carboxylic acids is 1. The number of nitrogens with zero attached hydrogens (tertiary/aromatic N) is 4. The highest BCUT2D eigenvalue weighted by molar-refractivity contribution is 7.11. The van der Waals surface area contributed by atoms with Gasteiger partial charge in [-0.2, -0.15) is 5.10 Å². The molecule has 0 fully saturated rings. The van der Waals surface area contributed by atoms with Crippen molar-refractivity contribution < 1.29 is 9.90 Å². The molecule has 0 saturated heterocycles. The zero-order valence-corrected chi connectivity index (χ0v) is 15.2. The highest BCUT2D eigenvalue weighted by Gasteiger charge is 2.23. The first-order valence-electron chi connectivity index (χ1n) is 8.15. The van der Waals surface area contributed by atoms with Crippen molar-refractivity contribution in [3.8, 4) is 0 Å². The Kier molecular flexibility index (Phi) is 5.03. The maximum atomic E-state index is 11.8. The standard InChI is InChI=1S/C17H24N4O2S/c1-12-4-5-14(24-12)11-20-6-7-21-13(10-20)8-15(18-21)16(22)9-17(23)19(2)3/h4-5,8,16,22H,6-7,9-11H2,1-3H3/t16-/m0/s1. The van der Waals surface area contributed by atoms with E-state index in [1.54, 1.807) is 14.1 Å². The van der Waals surface area contributed by atoms with Gasteiger partial charge in [-0.25, -0.2) is 0 Å². The molecule has 0 spiro atoms. The lowest BCUT2D eigenvalue weighted by Gasteiger charge is -2.26. The third kappa shape index (κ3) is 3.85. The van der Waals surface area contributed by atoms with Gasteiger partial charge in [0.2, 0.25) is 5.91 Å². The van der Waals surface area contributed by atoms with Crippen molar-refractivity contribution in [2.45, 2.75) is 39.1 Å². The average molecular weight is 348 g/mol. The van der Waals surface area contributed by atoms with E-state index in [-0.39, 0.29) is 12.3 Å². The first kappa shape index (κ1) is 17.1. The largest absolute Gasteiger partial charge is 0.386 e. The summed E-state index contributed by atoms with van der Waals surface area (Å²) >= 11 is 1.84. The molecule has 0 radical (unpaired) electrons. The lowest BCUT2D eigenvalue weighted by Crippen LogP contribution is -2.33. The van der Waals surface area contributed by atoms with E-state index in [2.05, 4.69) is 29.1 Å². The number of aliphatic hydroxyl groups is 1. The molecule has 0 unspecified atom stereocenters. The zero-order chi connectivity index (χ0) is 17.3. The Morgan fingerprint density at radius 1 is 1.42 bits per heavy atom. The van der Waals surface area contributed by atoms with E-state index in [0.29, 0.717) is 5.69 Å². The summed E-state index contributed by atoms with van der Waals surface area (Å²) in [5, 5.41) is 14.7. The number of amides is 1. The van der Waals surface area contributed by atoms with E-state index in [0.717, 1.165) is 31.9 Å². The van der Waals surface area contributed by atoms with E-state index in [1.165, 1.54) is 14.7 Å².